The van der Waals surface area contributed by atoms with E-state index in [-0.39, 0.29) is 11.8 Å². The largest absolute Gasteiger partial charge is 0.497 e. The Morgan fingerprint density at radius 1 is 1.07 bits per heavy atom. The molecule has 13 heteroatoms. The molecule has 11 nitrogen and oxygen atoms in total. The van der Waals surface area contributed by atoms with E-state index in [0.29, 0.717) is 23.9 Å². The number of methoxy groups -OCH3 is 2. The molecule has 1 saturated heterocycles. The quantitative estimate of drug-likeness (QED) is 0.206. The third kappa shape index (κ3) is 5.95. The predicted octanol–water partition coefficient (Wildman–Crippen LogP) is 5.73. The number of benzene rings is 1. The maximum Gasteiger partial charge on any atom is 0.238 e. The zero-order valence-corrected chi connectivity index (χ0v) is 28.5. The fourth-order valence-electron chi connectivity index (χ4n) is 6.21. The molecular formula is C32H37BrN8O3S. The van der Waals surface area contributed by atoms with Crippen LogP contribution < -0.4 is 24.6 Å². The highest BCUT2D eigenvalue weighted by molar-refractivity contribution is 9.09. The first kappa shape index (κ1) is 31.2. The van der Waals surface area contributed by atoms with Gasteiger partial charge in [-0.15, -0.1) is 10.2 Å². The van der Waals surface area contributed by atoms with E-state index in [4.69, 9.17) is 19.4 Å². The van der Waals surface area contributed by atoms with E-state index >= 15 is 0 Å². The van der Waals surface area contributed by atoms with Gasteiger partial charge in [0.05, 0.1) is 43.1 Å². The summed E-state index contributed by atoms with van der Waals surface area (Å²) < 4.78 is 11.0. The zero-order valence-electron chi connectivity index (χ0n) is 26.1. The number of fused-ring (bicyclic) bond motifs is 1. The lowest BCUT2D eigenvalue weighted by atomic mass is 9.86. The molecule has 6 rings (SSSR count). The van der Waals surface area contributed by atoms with Gasteiger partial charge in [0.25, 0.3) is 0 Å². The minimum absolute atomic E-state index is 0.0116. The second kappa shape index (κ2) is 12.9. The van der Waals surface area contributed by atoms with Crippen molar-refractivity contribution in [1.82, 2.24) is 25.1 Å². The summed E-state index contributed by atoms with van der Waals surface area (Å²) >= 11 is 5.09. The summed E-state index contributed by atoms with van der Waals surface area (Å²) in [5.74, 6) is 3.08. The van der Waals surface area contributed by atoms with Crippen LogP contribution in [0.1, 0.15) is 54.4 Å². The van der Waals surface area contributed by atoms with E-state index in [1.54, 1.807) is 36.8 Å². The first-order valence-electron chi connectivity index (χ1n) is 15.0. The number of nitrogens with one attached hydrogen (secondary N) is 1. The van der Waals surface area contributed by atoms with E-state index in [9.17, 15) is 4.79 Å². The number of ether oxygens (including phenoxy) is 2. The average Bonchev–Trinajstić information content (AvgIpc) is 3.58. The van der Waals surface area contributed by atoms with Crippen LogP contribution in [0.15, 0.2) is 36.7 Å². The first-order chi connectivity index (χ1) is 21.7. The summed E-state index contributed by atoms with van der Waals surface area (Å²) in [6.45, 7) is 8.59. The number of halogens is 1. The van der Waals surface area contributed by atoms with Gasteiger partial charge in [0.15, 0.2) is 5.01 Å². The molecule has 1 amide bonds. The maximum absolute atomic E-state index is 13.9. The van der Waals surface area contributed by atoms with Crippen molar-refractivity contribution in [2.24, 2.45) is 0 Å². The molecule has 1 fully saturated rings. The van der Waals surface area contributed by atoms with Gasteiger partial charge >= 0.3 is 0 Å². The summed E-state index contributed by atoms with van der Waals surface area (Å²) in [4.78, 5) is 32.5. The van der Waals surface area contributed by atoms with Gasteiger partial charge in [-0.2, -0.15) is 0 Å². The smallest absolute Gasteiger partial charge is 0.238 e. The SMILES string of the molecule is COc1ccc(CN2C(=O)C(C)(C)c3c(N4CCC(c5nc(-c6nnc(C)s6)ccc5NCCBr)CC4)ncnc32)c(OC)c1. The van der Waals surface area contributed by atoms with Crippen molar-refractivity contribution in [1.29, 1.82) is 0 Å². The van der Waals surface area contributed by atoms with Crippen molar-refractivity contribution < 1.29 is 14.3 Å². The van der Waals surface area contributed by atoms with Gasteiger partial charge in [0.2, 0.25) is 5.91 Å². The van der Waals surface area contributed by atoms with E-state index in [2.05, 4.69) is 47.4 Å². The third-order valence-corrected chi connectivity index (χ3v) is 9.81. The number of carbonyl (C=O) groups excluding carboxylic acids is 1. The molecule has 45 heavy (non-hydrogen) atoms. The number of hydrogen-bond acceptors (Lipinski definition) is 11. The van der Waals surface area contributed by atoms with Crippen LogP contribution in [-0.4, -0.2) is 70.2 Å². The lowest BCUT2D eigenvalue weighted by molar-refractivity contribution is -0.122. The van der Waals surface area contributed by atoms with E-state index < -0.39 is 5.41 Å². The minimum atomic E-state index is -0.787. The fraction of sp³-hybridized carbons (Fsp3) is 0.438. The maximum atomic E-state index is 13.9. The molecule has 0 saturated carbocycles. The second-order valence-electron chi connectivity index (χ2n) is 11.7. The van der Waals surface area contributed by atoms with Crippen LogP contribution >= 0.6 is 27.3 Å². The molecule has 236 valence electrons. The number of carbonyl (C=O) groups is 1. The predicted molar refractivity (Wildman–Crippen MR) is 180 cm³/mol. The average molecular weight is 694 g/mol. The number of anilines is 3. The van der Waals surface area contributed by atoms with Crippen LogP contribution in [-0.2, 0) is 16.8 Å². The van der Waals surface area contributed by atoms with Gasteiger partial charge in [-0.05, 0) is 57.9 Å². The van der Waals surface area contributed by atoms with E-state index in [0.717, 1.165) is 81.8 Å². The molecule has 0 bridgehead atoms. The monoisotopic (exact) mass is 692 g/mol. The Kier molecular flexibility index (Phi) is 8.91. The summed E-state index contributed by atoms with van der Waals surface area (Å²) in [7, 11) is 3.24. The Balaban J connectivity index is 1.26. The zero-order chi connectivity index (χ0) is 31.7. The molecule has 2 aliphatic heterocycles. The molecule has 0 atom stereocenters. The van der Waals surface area contributed by atoms with Crippen LogP contribution in [0.4, 0.5) is 17.3 Å². The van der Waals surface area contributed by atoms with Gasteiger partial charge in [0, 0.05) is 42.5 Å². The van der Waals surface area contributed by atoms with Crippen molar-refractivity contribution in [3.63, 3.8) is 0 Å². The standard InChI is InChI=1S/C32H37BrN8O3S/c1-19-38-39-30(45-19)24-9-8-23(34-13-12-33)27(37-24)20-10-14-40(15-11-20)28-26-29(36-18-35-28)41(31(42)32(26,2)3)17-21-6-7-22(43-4)16-25(21)44-5/h6-9,16,18,20,34H,10-15,17H2,1-5H3. The normalized spacial score (nSPS) is 16.2. The number of aromatic nitrogens is 5. The molecule has 1 aromatic carbocycles. The van der Waals surface area contributed by atoms with Crippen molar-refractivity contribution >= 4 is 50.5 Å². The minimum Gasteiger partial charge on any atom is -0.497 e. The number of alkyl halides is 1. The van der Waals surface area contributed by atoms with Crippen molar-refractivity contribution in [3.05, 3.63) is 58.5 Å². The van der Waals surface area contributed by atoms with Gasteiger partial charge in [-0.1, -0.05) is 27.3 Å². The number of nitrogens with zero attached hydrogens (tertiary/aromatic N) is 7. The summed E-state index contributed by atoms with van der Waals surface area (Å²) in [6, 6.07) is 9.77. The molecule has 5 heterocycles. The van der Waals surface area contributed by atoms with Crippen LogP contribution in [0.5, 0.6) is 11.5 Å². The highest BCUT2D eigenvalue weighted by Crippen LogP contribution is 2.47. The highest BCUT2D eigenvalue weighted by atomic mass is 79.9. The van der Waals surface area contributed by atoms with Crippen molar-refractivity contribution in [2.75, 3.05) is 54.3 Å². The fourth-order valence-corrected chi connectivity index (χ4v) is 7.07. The van der Waals surface area contributed by atoms with E-state index in [1.165, 1.54) is 0 Å². The molecule has 0 aliphatic carbocycles. The summed E-state index contributed by atoms with van der Waals surface area (Å²) in [5, 5.41) is 14.7. The lowest BCUT2D eigenvalue weighted by Crippen LogP contribution is -2.38. The van der Waals surface area contributed by atoms with Crippen LogP contribution in [0, 0.1) is 6.92 Å². The molecule has 1 N–H and O–H groups in total. The number of aryl methyl sites for hydroxylation is 1. The van der Waals surface area contributed by atoms with Gasteiger partial charge in [-0.25, -0.2) is 15.0 Å². The van der Waals surface area contributed by atoms with Crippen LogP contribution in [0.2, 0.25) is 0 Å². The third-order valence-electron chi connectivity index (χ3n) is 8.55. The molecule has 0 spiro atoms. The van der Waals surface area contributed by atoms with E-state index in [1.807, 2.05) is 45.0 Å². The van der Waals surface area contributed by atoms with Crippen LogP contribution in [0.3, 0.4) is 0 Å². The Morgan fingerprint density at radius 2 is 1.84 bits per heavy atom. The Bertz CT molecular complexity index is 1710. The Labute approximate surface area is 275 Å². The Morgan fingerprint density at radius 3 is 2.53 bits per heavy atom. The van der Waals surface area contributed by atoms with Gasteiger partial charge in [0.1, 0.15) is 40.2 Å². The molecule has 0 radical (unpaired) electrons. The molecule has 2 aliphatic rings. The Hall–Kier alpha value is -3.84. The summed E-state index contributed by atoms with van der Waals surface area (Å²) in [6.07, 6.45) is 3.37. The first-order valence-corrected chi connectivity index (χ1v) is 16.9. The molecule has 3 aromatic heterocycles. The van der Waals surface area contributed by atoms with Crippen molar-refractivity contribution in [3.8, 4) is 22.2 Å². The molecule has 4 aromatic rings. The van der Waals surface area contributed by atoms with Gasteiger partial charge < -0.3 is 19.7 Å². The summed E-state index contributed by atoms with van der Waals surface area (Å²) in [5.41, 5.74) is 3.92. The number of rotatable bonds is 10. The lowest BCUT2D eigenvalue weighted by Gasteiger charge is -2.35. The number of pyridine rings is 1. The number of amides is 1. The number of piperidine rings is 1. The number of hydrogen-bond donors (Lipinski definition) is 1. The van der Waals surface area contributed by atoms with Crippen molar-refractivity contribution in [2.45, 2.75) is 51.5 Å². The highest BCUT2D eigenvalue weighted by Gasteiger charge is 2.48. The molecule has 0 unspecified atom stereocenters. The molecular weight excluding hydrogens is 656 g/mol. The second-order valence-corrected chi connectivity index (χ2v) is 13.7. The topological polar surface area (TPSA) is 118 Å². The van der Waals surface area contributed by atoms with Gasteiger partial charge in [-0.3, -0.25) is 9.69 Å². The van der Waals surface area contributed by atoms with Crippen LogP contribution in [0.25, 0.3) is 10.7 Å².